The Morgan fingerprint density at radius 3 is 2.61 bits per heavy atom. The highest BCUT2D eigenvalue weighted by atomic mass is 19.3. The van der Waals surface area contributed by atoms with Crippen molar-refractivity contribution in [1.82, 2.24) is 14.8 Å². The van der Waals surface area contributed by atoms with Crippen molar-refractivity contribution in [3.8, 4) is 11.5 Å². The largest absolute Gasteiger partial charge is 0.493 e. The van der Waals surface area contributed by atoms with Crippen LogP contribution in [0.25, 0.3) is 0 Å². The summed E-state index contributed by atoms with van der Waals surface area (Å²) in [6.07, 6.45) is 4.13. The summed E-state index contributed by atoms with van der Waals surface area (Å²) >= 11 is 0. The van der Waals surface area contributed by atoms with E-state index in [2.05, 4.69) is 14.6 Å². The number of carbonyl (C=O) groups excluding carboxylic acids is 1. The molecule has 0 radical (unpaired) electrons. The lowest BCUT2D eigenvalue weighted by Crippen LogP contribution is -2.39. The second kappa shape index (κ2) is 11.6. The zero-order valence-electron chi connectivity index (χ0n) is 17.5. The molecule has 0 aliphatic carbocycles. The number of benzene rings is 1. The van der Waals surface area contributed by atoms with Crippen molar-refractivity contribution < 1.29 is 27.8 Å². The van der Waals surface area contributed by atoms with Gasteiger partial charge in [0, 0.05) is 50.7 Å². The Bertz CT molecular complexity index is 833. The molecule has 9 heteroatoms. The number of alkyl halides is 2. The van der Waals surface area contributed by atoms with Crippen LogP contribution in [-0.4, -0.2) is 73.8 Å². The van der Waals surface area contributed by atoms with E-state index in [4.69, 9.17) is 9.47 Å². The SMILES string of the molecule is COc1ccc(C(=O)N(CCCN2CCOCC2)Cc2ccncc2)cc1OC(F)F. The second-order valence-corrected chi connectivity index (χ2v) is 7.13. The van der Waals surface area contributed by atoms with Crippen molar-refractivity contribution in [3.63, 3.8) is 0 Å². The third-order valence-electron chi connectivity index (χ3n) is 5.04. The van der Waals surface area contributed by atoms with Crippen LogP contribution in [0.2, 0.25) is 0 Å². The van der Waals surface area contributed by atoms with E-state index in [0.717, 1.165) is 44.8 Å². The average Bonchev–Trinajstić information content (AvgIpc) is 2.79. The lowest BCUT2D eigenvalue weighted by molar-refractivity contribution is -0.0512. The van der Waals surface area contributed by atoms with Crippen molar-refractivity contribution in [3.05, 3.63) is 53.9 Å². The third-order valence-corrected chi connectivity index (χ3v) is 5.04. The van der Waals surface area contributed by atoms with Gasteiger partial charge in [0.25, 0.3) is 5.91 Å². The molecule has 0 atom stereocenters. The number of amides is 1. The Kier molecular flexibility index (Phi) is 8.54. The van der Waals surface area contributed by atoms with E-state index in [0.29, 0.717) is 13.1 Å². The van der Waals surface area contributed by atoms with Crippen LogP contribution < -0.4 is 9.47 Å². The van der Waals surface area contributed by atoms with Crippen molar-refractivity contribution in [2.75, 3.05) is 46.5 Å². The number of morpholine rings is 1. The summed E-state index contributed by atoms with van der Waals surface area (Å²) in [5.41, 5.74) is 1.20. The van der Waals surface area contributed by atoms with E-state index >= 15 is 0 Å². The number of rotatable bonds is 10. The summed E-state index contributed by atoms with van der Waals surface area (Å²) in [6, 6.07) is 8.02. The molecule has 1 aromatic carbocycles. The summed E-state index contributed by atoms with van der Waals surface area (Å²) in [6.45, 7) is 1.96. The molecule has 1 aliphatic rings. The summed E-state index contributed by atoms with van der Waals surface area (Å²) in [5.74, 6) is -0.286. The molecule has 0 bridgehead atoms. The first-order valence-electron chi connectivity index (χ1n) is 10.2. The van der Waals surface area contributed by atoms with Gasteiger partial charge in [0.15, 0.2) is 11.5 Å². The van der Waals surface area contributed by atoms with Crippen LogP contribution in [0.15, 0.2) is 42.7 Å². The highest BCUT2D eigenvalue weighted by Gasteiger charge is 2.20. The van der Waals surface area contributed by atoms with E-state index in [1.165, 1.54) is 19.2 Å². The van der Waals surface area contributed by atoms with E-state index in [1.807, 2.05) is 12.1 Å². The van der Waals surface area contributed by atoms with Crippen molar-refractivity contribution in [1.29, 1.82) is 0 Å². The van der Waals surface area contributed by atoms with E-state index in [-0.39, 0.29) is 23.0 Å². The van der Waals surface area contributed by atoms with Crippen LogP contribution >= 0.6 is 0 Å². The van der Waals surface area contributed by atoms with Gasteiger partial charge in [-0.3, -0.25) is 14.7 Å². The van der Waals surface area contributed by atoms with Gasteiger partial charge in [0.05, 0.1) is 20.3 Å². The molecule has 0 spiro atoms. The van der Waals surface area contributed by atoms with Crippen molar-refractivity contribution in [2.24, 2.45) is 0 Å². The van der Waals surface area contributed by atoms with Crippen LogP contribution in [0.3, 0.4) is 0 Å². The molecule has 1 aliphatic heterocycles. The van der Waals surface area contributed by atoms with Crippen LogP contribution in [0.4, 0.5) is 8.78 Å². The number of hydrogen-bond donors (Lipinski definition) is 0. The highest BCUT2D eigenvalue weighted by Crippen LogP contribution is 2.30. The Labute approximate surface area is 180 Å². The molecule has 168 valence electrons. The first-order chi connectivity index (χ1) is 15.1. The maximum atomic E-state index is 13.3. The zero-order valence-corrected chi connectivity index (χ0v) is 17.5. The molecule has 31 heavy (non-hydrogen) atoms. The number of halogens is 2. The third kappa shape index (κ3) is 6.86. The molecule has 1 amide bonds. The Morgan fingerprint density at radius 2 is 1.94 bits per heavy atom. The van der Waals surface area contributed by atoms with Gasteiger partial charge < -0.3 is 19.1 Å². The molecule has 0 saturated carbocycles. The predicted octanol–water partition coefficient (Wildman–Crippen LogP) is 3.06. The van der Waals surface area contributed by atoms with Gasteiger partial charge in [-0.25, -0.2) is 0 Å². The minimum Gasteiger partial charge on any atom is -0.493 e. The number of carbonyl (C=O) groups is 1. The maximum Gasteiger partial charge on any atom is 0.387 e. The number of pyridine rings is 1. The predicted molar refractivity (Wildman–Crippen MR) is 110 cm³/mol. The molecule has 0 unspecified atom stereocenters. The fraction of sp³-hybridized carbons (Fsp3) is 0.455. The standard InChI is InChI=1S/C22H27F2N3O4/c1-29-19-4-3-18(15-20(19)31-22(23)24)21(28)27(16-17-5-7-25-8-6-17)10-2-9-26-11-13-30-14-12-26/h3-8,15,22H,2,9-14,16H2,1H3. The summed E-state index contributed by atoms with van der Waals surface area (Å²) < 4.78 is 40.5. The molecule has 1 saturated heterocycles. The van der Waals surface area contributed by atoms with Gasteiger partial charge >= 0.3 is 6.61 Å². The maximum absolute atomic E-state index is 13.3. The first-order valence-corrected chi connectivity index (χ1v) is 10.2. The topological polar surface area (TPSA) is 64.1 Å². The van der Waals surface area contributed by atoms with E-state index in [9.17, 15) is 13.6 Å². The van der Waals surface area contributed by atoms with Gasteiger partial charge in [0.1, 0.15) is 0 Å². The van der Waals surface area contributed by atoms with Crippen LogP contribution in [0, 0.1) is 0 Å². The summed E-state index contributed by atoms with van der Waals surface area (Å²) in [4.78, 5) is 21.3. The molecule has 1 aromatic heterocycles. The molecule has 2 heterocycles. The molecular formula is C22H27F2N3O4. The molecule has 7 nitrogen and oxygen atoms in total. The van der Waals surface area contributed by atoms with Gasteiger partial charge in [0.2, 0.25) is 0 Å². The first kappa shape index (κ1) is 22.9. The van der Waals surface area contributed by atoms with Crippen molar-refractivity contribution >= 4 is 5.91 Å². The normalized spacial score (nSPS) is 14.5. The Hall–Kier alpha value is -2.78. The van der Waals surface area contributed by atoms with Gasteiger partial charge in [-0.05, 0) is 42.3 Å². The fourth-order valence-corrected chi connectivity index (χ4v) is 3.45. The van der Waals surface area contributed by atoms with Gasteiger partial charge in [-0.2, -0.15) is 8.78 Å². The zero-order chi connectivity index (χ0) is 22.1. The highest BCUT2D eigenvalue weighted by molar-refractivity contribution is 5.95. The van der Waals surface area contributed by atoms with Crippen LogP contribution in [-0.2, 0) is 11.3 Å². The Balaban J connectivity index is 1.74. The monoisotopic (exact) mass is 435 g/mol. The van der Waals surface area contributed by atoms with Crippen molar-refractivity contribution in [2.45, 2.75) is 19.6 Å². The molecule has 3 rings (SSSR count). The number of methoxy groups -OCH3 is 1. The average molecular weight is 435 g/mol. The molecule has 1 fully saturated rings. The minimum atomic E-state index is -3.01. The number of hydrogen-bond acceptors (Lipinski definition) is 6. The number of ether oxygens (including phenoxy) is 3. The smallest absolute Gasteiger partial charge is 0.387 e. The van der Waals surface area contributed by atoms with Crippen LogP contribution in [0.1, 0.15) is 22.3 Å². The van der Waals surface area contributed by atoms with Gasteiger partial charge in [-0.15, -0.1) is 0 Å². The van der Waals surface area contributed by atoms with E-state index < -0.39 is 6.61 Å². The summed E-state index contributed by atoms with van der Waals surface area (Å²) in [5, 5.41) is 0. The quantitative estimate of drug-likeness (QED) is 0.572. The fourth-order valence-electron chi connectivity index (χ4n) is 3.45. The lowest BCUT2D eigenvalue weighted by Gasteiger charge is -2.28. The number of nitrogens with zero attached hydrogens (tertiary/aromatic N) is 3. The molecule has 0 N–H and O–H groups in total. The lowest BCUT2D eigenvalue weighted by atomic mass is 10.1. The van der Waals surface area contributed by atoms with Gasteiger partial charge in [-0.1, -0.05) is 0 Å². The minimum absolute atomic E-state index is 0.143. The summed E-state index contributed by atoms with van der Waals surface area (Å²) in [7, 11) is 1.36. The molecular weight excluding hydrogens is 408 g/mol. The van der Waals surface area contributed by atoms with E-state index in [1.54, 1.807) is 23.4 Å². The second-order valence-electron chi connectivity index (χ2n) is 7.13. The number of aromatic nitrogens is 1. The van der Waals surface area contributed by atoms with Crippen LogP contribution in [0.5, 0.6) is 11.5 Å². The Morgan fingerprint density at radius 1 is 1.19 bits per heavy atom. The molecule has 2 aromatic rings.